The van der Waals surface area contributed by atoms with Crippen molar-refractivity contribution in [3.63, 3.8) is 0 Å². The molecule has 5 rings (SSSR count). The monoisotopic (exact) mass is 402 g/mol. The van der Waals surface area contributed by atoms with E-state index in [4.69, 9.17) is 18.3 Å². The van der Waals surface area contributed by atoms with Gasteiger partial charge in [-0.2, -0.15) is 0 Å². The topological polar surface area (TPSA) is 87.6 Å². The molecule has 7 heteroatoms. The molecule has 0 fully saturated rings. The third kappa shape index (κ3) is 3.14. The molecule has 0 saturated carbocycles. The zero-order chi connectivity index (χ0) is 20.7. The van der Waals surface area contributed by atoms with E-state index < -0.39 is 11.9 Å². The lowest BCUT2D eigenvalue weighted by atomic mass is 9.88. The first-order valence-electron chi connectivity index (χ1n) is 9.52. The highest BCUT2D eigenvalue weighted by Gasteiger charge is 2.33. The Kier molecular flexibility index (Phi) is 4.35. The van der Waals surface area contributed by atoms with Gasteiger partial charge in [0.1, 0.15) is 28.9 Å². The minimum absolute atomic E-state index is 0.122. The summed E-state index contributed by atoms with van der Waals surface area (Å²) in [4.78, 5) is 13.0. The molecule has 0 bridgehead atoms. The molecule has 0 radical (unpaired) electrons. The van der Waals surface area contributed by atoms with Crippen LogP contribution in [0.1, 0.15) is 34.5 Å². The number of ether oxygens (including phenoxy) is 2. The van der Waals surface area contributed by atoms with E-state index in [0.29, 0.717) is 23.1 Å². The van der Waals surface area contributed by atoms with Crippen molar-refractivity contribution in [2.24, 2.45) is 0 Å². The first kappa shape index (κ1) is 18.2. The first-order chi connectivity index (χ1) is 14.6. The average Bonchev–Trinajstić information content (AvgIpc) is 3.35. The largest absolute Gasteiger partial charge is 0.466 e. The van der Waals surface area contributed by atoms with Crippen molar-refractivity contribution in [1.82, 2.24) is 10.2 Å². The fourth-order valence-electron chi connectivity index (χ4n) is 3.64. The van der Waals surface area contributed by atoms with Gasteiger partial charge in [-0.25, -0.2) is 0 Å². The van der Waals surface area contributed by atoms with Gasteiger partial charge in [0, 0.05) is 11.1 Å². The zero-order valence-electron chi connectivity index (χ0n) is 16.4. The fraction of sp³-hybridized carbons (Fsp3) is 0.174. The van der Waals surface area contributed by atoms with Gasteiger partial charge in [0.15, 0.2) is 6.61 Å². The van der Waals surface area contributed by atoms with E-state index >= 15 is 0 Å². The third-order valence-corrected chi connectivity index (χ3v) is 4.99. The predicted molar refractivity (Wildman–Crippen MR) is 106 cm³/mol. The van der Waals surface area contributed by atoms with Crippen molar-refractivity contribution in [3.8, 4) is 23.0 Å². The Labute approximate surface area is 172 Å². The standard InChI is InChI=1S/C23H18N2O5/c1-13-11-17(14(2)28-13)22-25-24-20(30-22)12-27-23(26)21-15-7-3-5-9-18(15)29-19-10-6-4-8-16(19)21/h3-11,21H,12H2,1-2H3. The van der Waals surface area contributed by atoms with Gasteiger partial charge in [0.25, 0.3) is 11.8 Å². The Morgan fingerprint density at radius 3 is 2.27 bits per heavy atom. The number of aromatic nitrogens is 2. The number of carbonyl (C=O) groups excluding carboxylic acids is 1. The summed E-state index contributed by atoms with van der Waals surface area (Å²) >= 11 is 0. The minimum Gasteiger partial charge on any atom is -0.466 e. The maximum Gasteiger partial charge on any atom is 0.318 e. The summed E-state index contributed by atoms with van der Waals surface area (Å²) < 4.78 is 22.6. The van der Waals surface area contributed by atoms with Gasteiger partial charge in [-0.1, -0.05) is 36.4 Å². The number of hydrogen-bond donors (Lipinski definition) is 0. The molecule has 1 aliphatic rings. The third-order valence-electron chi connectivity index (χ3n) is 4.99. The molecule has 7 nitrogen and oxygen atoms in total. The number of benzene rings is 2. The number of aryl methyl sites for hydroxylation is 2. The number of esters is 1. The Balaban J connectivity index is 1.37. The Hall–Kier alpha value is -3.87. The van der Waals surface area contributed by atoms with E-state index in [1.165, 1.54) is 0 Å². The lowest BCUT2D eigenvalue weighted by Crippen LogP contribution is -2.21. The van der Waals surface area contributed by atoms with Crippen molar-refractivity contribution < 1.29 is 23.1 Å². The highest BCUT2D eigenvalue weighted by atomic mass is 16.5. The number of para-hydroxylation sites is 2. The van der Waals surface area contributed by atoms with E-state index in [1.54, 1.807) is 0 Å². The van der Waals surface area contributed by atoms with Crippen LogP contribution in [0, 0.1) is 13.8 Å². The summed E-state index contributed by atoms with van der Waals surface area (Å²) in [5.74, 6) is 2.27. The number of furan rings is 1. The summed E-state index contributed by atoms with van der Waals surface area (Å²) in [6.45, 7) is 3.55. The van der Waals surface area contributed by atoms with Crippen LogP contribution in [0.2, 0.25) is 0 Å². The van der Waals surface area contributed by atoms with E-state index in [9.17, 15) is 4.79 Å². The summed E-state index contributed by atoms with van der Waals surface area (Å²) in [7, 11) is 0. The molecule has 2 aromatic carbocycles. The molecule has 0 saturated heterocycles. The first-order valence-corrected chi connectivity index (χ1v) is 9.52. The molecular formula is C23H18N2O5. The Morgan fingerprint density at radius 2 is 1.63 bits per heavy atom. The lowest BCUT2D eigenvalue weighted by Gasteiger charge is -2.26. The number of rotatable bonds is 4. The van der Waals surface area contributed by atoms with E-state index in [0.717, 1.165) is 22.5 Å². The van der Waals surface area contributed by atoms with Gasteiger partial charge in [-0.15, -0.1) is 10.2 Å². The maximum absolute atomic E-state index is 13.0. The van der Waals surface area contributed by atoms with Crippen molar-refractivity contribution in [2.45, 2.75) is 26.4 Å². The molecule has 0 amide bonds. The molecule has 4 aromatic rings. The van der Waals surface area contributed by atoms with Crippen LogP contribution < -0.4 is 4.74 Å². The minimum atomic E-state index is -0.590. The average molecular weight is 402 g/mol. The molecule has 30 heavy (non-hydrogen) atoms. The van der Waals surface area contributed by atoms with Crippen LogP contribution in [0.15, 0.2) is 63.4 Å². The summed E-state index contributed by atoms with van der Waals surface area (Å²) in [5.41, 5.74) is 2.25. The number of carbonyl (C=O) groups is 1. The van der Waals surface area contributed by atoms with E-state index in [-0.39, 0.29) is 12.5 Å². The highest BCUT2D eigenvalue weighted by molar-refractivity contribution is 5.85. The van der Waals surface area contributed by atoms with Crippen LogP contribution in [0.4, 0.5) is 0 Å². The SMILES string of the molecule is Cc1cc(-c2nnc(COC(=O)C3c4ccccc4Oc4ccccc43)o2)c(C)o1. The van der Waals surface area contributed by atoms with Crippen molar-refractivity contribution in [2.75, 3.05) is 0 Å². The number of nitrogens with zero attached hydrogens (tertiary/aromatic N) is 2. The highest BCUT2D eigenvalue weighted by Crippen LogP contribution is 2.44. The molecule has 0 spiro atoms. The van der Waals surface area contributed by atoms with Crippen LogP contribution in [-0.2, 0) is 16.1 Å². The quantitative estimate of drug-likeness (QED) is 0.447. The van der Waals surface area contributed by atoms with Gasteiger partial charge in [0.05, 0.1) is 5.56 Å². The molecule has 150 valence electrons. The molecule has 0 aliphatic carbocycles. The molecule has 1 aliphatic heterocycles. The zero-order valence-corrected chi connectivity index (χ0v) is 16.4. The van der Waals surface area contributed by atoms with Gasteiger partial charge in [-0.3, -0.25) is 4.79 Å². The smallest absolute Gasteiger partial charge is 0.318 e. The lowest BCUT2D eigenvalue weighted by molar-refractivity contribution is -0.146. The van der Waals surface area contributed by atoms with Gasteiger partial charge in [-0.05, 0) is 32.0 Å². The van der Waals surface area contributed by atoms with Crippen molar-refractivity contribution in [3.05, 3.63) is 83.1 Å². The predicted octanol–water partition coefficient (Wildman–Crippen LogP) is 4.93. The van der Waals surface area contributed by atoms with E-state index in [1.807, 2.05) is 68.4 Å². The fourth-order valence-corrected chi connectivity index (χ4v) is 3.64. The molecular weight excluding hydrogens is 384 g/mol. The Bertz CT molecular complexity index is 1190. The molecule has 0 N–H and O–H groups in total. The van der Waals surface area contributed by atoms with Crippen LogP contribution in [-0.4, -0.2) is 16.2 Å². The number of fused-ring (bicyclic) bond motifs is 2. The van der Waals surface area contributed by atoms with Crippen LogP contribution in [0.25, 0.3) is 11.5 Å². The van der Waals surface area contributed by atoms with Gasteiger partial charge in [0.2, 0.25) is 0 Å². The molecule has 2 aromatic heterocycles. The second-order valence-electron chi connectivity index (χ2n) is 7.05. The van der Waals surface area contributed by atoms with Crippen molar-refractivity contribution >= 4 is 5.97 Å². The second kappa shape index (κ2) is 7.18. The maximum atomic E-state index is 13.0. The summed E-state index contributed by atoms with van der Waals surface area (Å²) in [5, 5.41) is 8.02. The molecule has 0 atom stereocenters. The van der Waals surface area contributed by atoms with Gasteiger partial charge < -0.3 is 18.3 Å². The van der Waals surface area contributed by atoms with Crippen LogP contribution in [0.5, 0.6) is 11.5 Å². The van der Waals surface area contributed by atoms with Crippen LogP contribution >= 0.6 is 0 Å². The summed E-state index contributed by atoms with van der Waals surface area (Å²) in [6, 6.07) is 16.7. The van der Waals surface area contributed by atoms with E-state index in [2.05, 4.69) is 10.2 Å². The van der Waals surface area contributed by atoms with Crippen LogP contribution in [0.3, 0.4) is 0 Å². The Morgan fingerprint density at radius 1 is 0.967 bits per heavy atom. The second-order valence-corrected chi connectivity index (χ2v) is 7.05. The van der Waals surface area contributed by atoms with Crippen molar-refractivity contribution in [1.29, 1.82) is 0 Å². The summed E-state index contributed by atoms with van der Waals surface area (Å²) in [6.07, 6.45) is 0. The van der Waals surface area contributed by atoms with Gasteiger partial charge >= 0.3 is 5.97 Å². The number of hydrogen-bond acceptors (Lipinski definition) is 7. The normalized spacial score (nSPS) is 12.7. The molecule has 0 unspecified atom stereocenters. The molecule has 3 heterocycles.